The van der Waals surface area contributed by atoms with Gasteiger partial charge in [0.25, 0.3) is 11.8 Å². The molecule has 2 atom stereocenters. The Morgan fingerprint density at radius 1 is 1.29 bits per heavy atom. The summed E-state index contributed by atoms with van der Waals surface area (Å²) in [5, 5.41) is 1.87. The summed E-state index contributed by atoms with van der Waals surface area (Å²) in [6, 6.07) is 3.79. The molecule has 126 valence electrons. The van der Waals surface area contributed by atoms with E-state index >= 15 is 0 Å². The Kier molecular flexibility index (Phi) is 4.40. The number of nitrogens with zero attached hydrogens (tertiary/aromatic N) is 1. The van der Waals surface area contributed by atoms with E-state index in [0.29, 0.717) is 12.2 Å². The number of hydrogen-bond acceptors (Lipinski definition) is 5. The normalized spacial score (nSPS) is 21.6. The summed E-state index contributed by atoms with van der Waals surface area (Å²) in [5.41, 5.74) is 0.364. The van der Waals surface area contributed by atoms with Crippen LogP contribution in [0.15, 0.2) is 18.2 Å². The van der Waals surface area contributed by atoms with Gasteiger partial charge in [0.15, 0.2) is 5.01 Å². The highest BCUT2D eigenvalue weighted by Gasteiger charge is 2.46. The lowest BCUT2D eigenvalue weighted by molar-refractivity contribution is -0.136. The number of nitrogens with one attached hydrogen (secondary N) is 1. The Labute approximate surface area is 146 Å². The molecule has 1 aromatic carbocycles. The average molecular weight is 395 g/mol. The van der Waals surface area contributed by atoms with Gasteiger partial charge in [-0.1, -0.05) is 13.0 Å². The van der Waals surface area contributed by atoms with E-state index in [9.17, 15) is 19.2 Å². The van der Waals surface area contributed by atoms with Crippen molar-refractivity contribution >= 4 is 39.6 Å². The predicted molar refractivity (Wildman–Crippen MR) is 86.7 cm³/mol. The topological polar surface area (TPSA) is 92.8 Å². The fraction of sp³-hybridized carbons (Fsp3) is 0.375. The molecule has 0 bridgehead atoms. The van der Waals surface area contributed by atoms with Crippen LogP contribution in [0.2, 0.25) is 0 Å². The van der Waals surface area contributed by atoms with Crippen molar-refractivity contribution in [3.05, 3.63) is 29.3 Å². The first-order valence-electron chi connectivity index (χ1n) is 7.59. The molecule has 2 unspecified atom stereocenters. The van der Waals surface area contributed by atoms with Gasteiger partial charge in [0, 0.05) is 6.42 Å². The number of imide groups is 2. The Balaban J connectivity index is 1.95. The third kappa shape index (κ3) is 2.71. The van der Waals surface area contributed by atoms with Gasteiger partial charge in [-0.15, -0.1) is 0 Å². The maximum Gasteiger partial charge on any atom is 0.266 e. The van der Waals surface area contributed by atoms with Crippen LogP contribution in [0, 0.1) is 0 Å². The Morgan fingerprint density at radius 3 is 2.71 bits per heavy atom. The highest BCUT2D eigenvalue weighted by atomic mass is 79.9. The molecule has 2 aliphatic rings. The van der Waals surface area contributed by atoms with E-state index in [2.05, 4.69) is 21.2 Å². The number of fused-ring (bicyclic) bond motifs is 1. The second-order valence-electron chi connectivity index (χ2n) is 5.56. The zero-order valence-electron chi connectivity index (χ0n) is 12.9. The van der Waals surface area contributed by atoms with Crippen LogP contribution < -0.4 is 10.1 Å². The van der Waals surface area contributed by atoms with Gasteiger partial charge in [-0.3, -0.25) is 29.4 Å². The molecule has 8 heteroatoms. The summed E-state index contributed by atoms with van der Waals surface area (Å²) >= 11 is 3.33. The molecule has 24 heavy (non-hydrogen) atoms. The highest BCUT2D eigenvalue weighted by Crippen LogP contribution is 2.34. The third-order valence-corrected chi connectivity index (χ3v) is 4.84. The molecular weight excluding hydrogens is 380 g/mol. The van der Waals surface area contributed by atoms with Gasteiger partial charge in [0.1, 0.15) is 11.8 Å². The highest BCUT2D eigenvalue weighted by molar-refractivity contribution is 9.09. The van der Waals surface area contributed by atoms with E-state index in [1.807, 2.05) is 6.92 Å². The predicted octanol–water partition coefficient (Wildman–Crippen LogP) is 1.60. The van der Waals surface area contributed by atoms with Crippen LogP contribution >= 0.6 is 15.9 Å². The van der Waals surface area contributed by atoms with E-state index < -0.39 is 29.7 Å². The number of ether oxygens (including phenoxy) is 1. The molecule has 1 N–H and O–H groups in total. The first-order chi connectivity index (χ1) is 11.4. The molecule has 7 nitrogen and oxygen atoms in total. The van der Waals surface area contributed by atoms with Crippen molar-refractivity contribution in [2.45, 2.75) is 37.2 Å². The maximum absolute atomic E-state index is 12.8. The zero-order chi connectivity index (χ0) is 17.4. The standard InChI is InChI=1S/C16H15BrN2O5/c1-2-11(17)24-10-5-3-4-8-13(10)16(23)19(15(8)22)9-6-7-12(20)18-14(9)21/h3-5,9,11H,2,6-7H2,1H3,(H,18,20,21). The van der Waals surface area contributed by atoms with Gasteiger partial charge >= 0.3 is 0 Å². The van der Waals surface area contributed by atoms with Crippen LogP contribution in [0.5, 0.6) is 5.75 Å². The summed E-state index contributed by atoms with van der Waals surface area (Å²) < 4.78 is 5.67. The largest absolute Gasteiger partial charge is 0.478 e. The quantitative estimate of drug-likeness (QED) is 0.618. The first kappa shape index (κ1) is 16.6. The van der Waals surface area contributed by atoms with E-state index in [1.165, 1.54) is 6.07 Å². The maximum atomic E-state index is 12.8. The lowest BCUT2D eigenvalue weighted by atomic mass is 10.0. The second-order valence-corrected chi connectivity index (χ2v) is 6.58. The van der Waals surface area contributed by atoms with Crippen molar-refractivity contribution in [3.8, 4) is 5.75 Å². The molecule has 0 saturated carbocycles. The molecule has 2 aliphatic heterocycles. The van der Waals surface area contributed by atoms with Gasteiger partial charge in [-0.2, -0.15) is 0 Å². The summed E-state index contributed by atoms with van der Waals surface area (Å²) in [7, 11) is 0. The van der Waals surface area contributed by atoms with Crippen molar-refractivity contribution in [2.24, 2.45) is 0 Å². The van der Waals surface area contributed by atoms with Crippen LogP contribution in [0.3, 0.4) is 0 Å². The number of halogens is 1. The van der Waals surface area contributed by atoms with Crippen molar-refractivity contribution < 1.29 is 23.9 Å². The number of hydrogen-bond donors (Lipinski definition) is 1. The SMILES string of the molecule is CCC(Br)Oc1cccc2c1C(=O)N(C1CCC(=O)NC1=O)C2=O. The molecule has 0 radical (unpaired) electrons. The summed E-state index contributed by atoms with van der Waals surface area (Å²) in [4.78, 5) is 49.6. The molecule has 4 amide bonds. The van der Waals surface area contributed by atoms with Gasteiger partial charge < -0.3 is 4.74 Å². The van der Waals surface area contributed by atoms with Gasteiger partial charge in [-0.25, -0.2) is 0 Å². The lowest BCUT2D eigenvalue weighted by Crippen LogP contribution is -2.54. The molecule has 3 rings (SSSR count). The molecular formula is C16H15BrN2O5. The molecule has 0 aromatic heterocycles. The minimum absolute atomic E-state index is 0.0898. The van der Waals surface area contributed by atoms with E-state index in [1.54, 1.807) is 12.1 Å². The number of carbonyl (C=O) groups excluding carboxylic acids is 4. The van der Waals surface area contributed by atoms with E-state index in [-0.39, 0.29) is 29.0 Å². The third-order valence-electron chi connectivity index (χ3n) is 4.01. The van der Waals surface area contributed by atoms with Gasteiger partial charge in [0.05, 0.1) is 11.1 Å². The molecule has 1 fully saturated rings. The van der Waals surface area contributed by atoms with Gasteiger partial charge in [0.2, 0.25) is 11.8 Å². The molecule has 0 spiro atoms. The second kappa shape index (κ2) is 6.35. The summed E-state index contributed by atoms with van der Waals surface area (Å²) in [5.74, 6) is -1.85. The minimum Gasteiger partial charge on any atom is -0.478 e. The fourth-order valence-corrected chi connectivity index (χ4v) is 3.00. The minimum atomic E-state index is -0.978. The van der Waals surface area contributed by atoms with Crippen molar-refractivity contribution in [1.82, 2.24) is 10.2 Å². The van der Waals surface area contributed by atoms with Crippen molar-refractivity contribution in [1.29, 1.82) is 0 Å². The summed E-state index contributed by atoms with van der Waals surface area (Å²) in [6.07, 6.45) is 0.886. The molecule has 2 heterocycles. The van der Waals surface area contributed by atoms with Crippen LogP contribution in [-0.2, 0) is 9.59 Å². The molecule has 1 aromatic rings. The van der Waals surface area contributed by atoms with Crippen molar-refractivity contribution in [3.63, 3.8) is 0 Å². The first-order valence-corrected chi connectivity index (χ1v) is 8.51. The van der Waals surface area contributed by atoms with E-state index in [4.69, 9.17) is 4.74 Å². The number of benzene rings is 1. The lowest BCUT2D eigenvalue weighted by Gasteiger charge is -2.27. The number of amides is 4. The van der Waals surface area contributed by atoms with E-state index in [0.717, 1.165) is 4.90 Å². The number of alkyl halides is 1. The number of piperidine rings is 1. The molecule has 1 saturated heterocycles. The monoisotopic (exact) mass is 394 g/mol. The zero-order valence-corrected chi connectivity index (χ0v) is 14.5. The Hall–Kier alpha value is -2.22. The summed E-state index contributed by atoms with van der Waals surface area (Å²) in [6.45, 7) is 1.91. The molecule has 0 aliphatic carbocycles. The number of carbonyl (C=O) groups is 4. The number of rotatable bonds is 4. The Morgan fingerprint density at radius 2 is 2.04 bits per heavy atom. The smallest absolute Gasteiger partial charge is 0.266 e. The van der Waals surface area contributed by atoms with Crippen molar-refractivity contribution in [2.75, 3.05) is 0 Å². The van der Waals surface area contributed by atoms with Crippen LogP contribution in [0.25, 0.3) is 0 Å². The average Bonchev–Trinajstić information content (AvgIpc) is 2.80. The Bertz CT molecular complexity index is 748. The van der Waals surface area contributed by atoms with Gasteiger partial charge in [-0.05, 0) is 40.9 Å². The van der Waals surface area contributed by atoms with Crippen LogP contribution in [0.4, 0.5) is 0 Å². The van der Waals surface area contributed by atoms with Crippen LogP contribution in [0.1, 0.15) is 46.9 Å². The fourth-order valence-electron chi connectivity index (χ4n) is 2.80. The van der Waals surface area contributed by atoms with Crippen LogP contribution in [-0.4, -0.2) is 39.6 Å².